The molecule has 0 radical (unpaired) electrons. The summed E-state index contributed by atoms with van der Waals surface area (Å²) in [5.74, 6) is -2.90. The van der Waals surface area contributed by atoms with Crippen LogP contribution < -0.4 is 5.32 Å². The summed E-state index contributed by atoms with van der Waals surface area (Å²) in [4.78, 5) is 23.5. The first-order valence-corrected chi connectivity index (χ1v) is 11.5. The highest BCUT2D eigenvalue weighted by Gasteiger charge is 2.20. The summed E-state index contributed by atoms with van der Waals surface area (Å²) in [6.07, 6.45) is 8.50. The number of rotatable bonds is 13. The minimum absolute atomic E-state index is 0.0733. The summed E-state index contributed by atoms with van der Waals surface area (Å²) in [5.41, 5.74) is 3.34. The largest absolute Gasteiger partial charge is 0.476 e. The number of benzene rings is 2. The molecular formula is C27H34FNO3. The van der Waals surface area contributed by atoms with E-state index in [1.807, 2.05) is 36.4 Å². The molecule has 0 aliphatic carbocycles. The van der Waals surface area contributed by atoms with Crippen LogP contribution in [0.4, 0.5) is 4.39 Å². The summed E-state index contributed by atoms with van der Waals surface area (Å²) in [7, 11) is 0. The molecule has 0 aliphatic rings. The van der Waals surface area contributed by atoms with Gasteiger partial charge in [-0.3, -0.25) is 4.79 Å². The molecule has 0 heterocycles. The van der Waals surface area contributed by atoms with Crippen molar-refractivity contribution in [2.75, 3.05) is 6.54 Å². The second-order valence-electron chi connectivity index (χ2n) is 8.09. The van der Waals surface area contributed by atoms with Crippen LogP contribution in [0, 0.1) is 0 Å². The van der Waals surface area contributed by atoms with Gasteiger partial charge >= 0.3 is 5.97 Å². The molecule has 32 heavy (non-hydrogen) atoms. The van der Waals surface area contributed by atoms with Crippen molar-refractivity contribution in [2.45, 2.75) is 64.7 Å². The molecule has 2 rings (SSSR count). The molecule has 2 aromatic rings. The zero-order valence-corrected chi connectivity index (χ0v) is 19.1. The lowest BCUT2D eigenvalue weighted by molar-refractivity contribution is -0.134. The summed E-state index contributed by atoms with van der Waals surface area (Å²) in [6, 6.07) is 15.0. The van der Waals surface area contributed by atoms with Gasteiger partial charge in [-0.25, -0.2) is 4.79 Å². The van der Waals surface area contributed by atoms with Crippen molar-refractivity contribution in [1.82, 2.24) is 5.32 Å². The van der Waals surface area contributed by atoms with Gasteiger partial charge in [0.1, 0.15) is 0 Å². The van der Waals surface area contributed by atoms with Crippen LogP contribution in [0.1, 0.15) is 75.8 Å². The lowest BCUT2D eigenvalue weighted by atomic mass is 9.91. The Morgan fingerprint density at radius 1 is 0.969 bits per heavy atom. The molecule has 0 bridgehead atoms. The summed E-state index contributed by atoms with van der Waals surface area (Å²) in [5, 5.41) is 11.8. The van der Waals surface area contributed by atoms with Gasteiger partial charge < -0.3 is 10.4 Å². The average molecular weight is 440 g/mol. The zero-order chi connectivity index (χ0) is 23.3. The Bertz CT molecular complexity index is 905. The number of hydrogen-bond acceptors (Lipinski definition) is 2. The lowest BCUT2D eigenvalue weighted by Crippen LogP contribution is -2.30. The number of amides is 1. The van der Waals surface area contributed by atoms with Crippen molar-refractivity contribution >= 4 is 18.0 Å². The quantitative estimate of drug-likeness (QED) is 0.269. The third-order valence-corrected chi connectivity index (χ3v) is 5.50. The molecule has 172 valence electrons. The Balaban J connectivity index is 2.10. The first kappa shape index (κ1) is 25.3. The van der Waals surface area contributed by atoms with Crippen LogP contribution >= 0.6 is 0 Å². The van der Waals surface area contributed by atoms with E-state index in [4.69, 9.17) is 5.11 Å². The fraction of sp³-hybridized carbons (Fsp3) is 0.407. The highest BCUT2D eigenvalue weighted by atomic mass is 19.1. The maximum absolute atomic E-state index is 13.3. The highest BCUT2D eigenvalue weighted by molar-refractivity contribution is 5.89. The Morgan fingerprint density at radius 3 is 2.34 bits per heavy atom. The number of carboxylic acid groups (broad SMARTS) is 1. The van der Waals surface area contributed by atoms with E-state index in [0.717, 1.165) is 48.4 Å². The molecule has 2 N–H and O–H groups in total. The van der Waals surface area contributed by atoms with E-state index in [9.17, 15) is 14.0 Å². The van der Waals surface area contributed by atoms with Gasteiger partial charge in [0.2, 0.25) is 11.7 Å². The van der Waals surface area contributed by atoms with Crippen LogP contribution in [0.2, 0.25) is 0 Å². The van der Waals surface area contributed by atoms with Crippen molar-refractivity contribution < 1.29 is 19.1 Å². The van der Waals surface area contributed by atoms with E-state index in [1.54, 1.807) is 12.1 Å². The first-order valence-electron chi connectivity index (χ1n) is 11.5. The number of hydrogen-bond donors (Lipinski definition) is 2. The number of halogens is 1. The fourth-order valence-corrected chi connectivity index (χ4v) is 3.72. The predicted molar refractivity (Wildman–Crippen MR) is 128 cm³/mol. The van der Waals surface area contributed by atoms with Gasteiger partial charge in [-0.15, -0.1) is 0 Å². The van der Waals surface area contributed by atoms with Crippen LogP contribution in [0.3, 0.4) is 0 Å². The van der Waals surface area contributed by atoms with Gasteiger partial charge in [0.25, 0.3) is 0 Å². The van der Waals surface area contributed by atoms with Gasteiger partial charge in [-0.1, -0.05) is 94.5 Å². The normalized spacial score (nSPS) is 12.4. The Kier molecular flexibility index (Phi) is 10.6. The second-order valence-corrected chi connectivity index (χ2v) is 8.09. The summed E-state index contributed by atoms with van der Waals surface area (Å²) < 4.78 is 13.3. The third-order valence-electron chi connectivity index (χ3n) is 5.50. The smallest absolute Gasteiger partial charge is 0.364 e. The van der Waals surface area contributed by atoms with Crippen molar-refractivity contribution in [1.29, 1.82) is 0 Å². The monoisotopic (exact) mass is 439 g/mol. The topological polar surface area (TPSA) is 66.4 Å². The minimum atomic E-state index is -1.58. The first-order chi connectivity index (χ1) is 15.5. The maximum atomic E-state index is 13.3. The highest BCUT2D eigenvalue weighted by Crippen LogP contribution is 2.28. The number of carboxylic acids is 1. The van der Waals surface area contributed by atoms with Crippen LogP contribution in [-0.2, 0) is 9.59 Å². The number of aliphatic carboxylic acids is 1. The van der Waals surface area contributed by atoms with E-state index < -0.39 is 11.8 Å². The number of carbonyl (C=O) groups excluding carboxylic acids is 1. The van der Waals surface area contributed by atoms with Crippen LogP contribution in [-0.4, -0.2) is 23.5 Å². The Hall–Kier alpha value is -2.95. The number of carbonyl (C=O) groups is 2. The molecular weight excluding hydrogens is 405 g/mol. The molecule has 2 aromatic carbocycles. The SMILES string of the molecule is CCCCCCCNC(=O)C(CCC)c1cccc(-c2ccc(/C=C(\F)C(=O)O)cc2)c1. The Morgan fingerprint density at radius 2 is 1.69 bits per heavy atom. The zero-order valence-electron chi connectivity index (χ0n) is 19.1. The van der Waals surface area contributed by atoms with Crippen molar-refractivity contribution in [3.8, 4) is 11.1 Å². The number of unbranched alkanes of at least 4 members (excludes halogenated alkanes) is 4. The third kappa shape index (κ3) is 7.95. The molecule has 0 saturated carbocycles. The van der Waals surface area contributed by atoms with Gasteiger partial charge in [-0.05, 0) is 41.2 Å². The van der Waals surface area contributed by atoms with Crippen LogP contribution in [0.15, 0.2) is 54.4 Å². The average Bonchev–Trinajstić information content (AvgIpc) is 2.80. The van der Waals surface area contributed by atoms with Crippen LogP contribution in [0.5, 0.6) is 0 Å². The van der Waals surface area contributed by atoms with Gasteiger partial charge in [0.15, 0.2) is 0 Å². The molecule has 5 heteroatoms. The standard InChI is InChI=1S/C27H34FNO3/c1-3-5-6-7-8-17-29-26(30)24(10-4-2)23-12-9-11-22(19-23)21-15-13-20(14-16-21)18-25(28)27(31)32/h9,11-16,18-19,24H,3-8,10,17H2,1-2H3,(H,29,30)(H,31,32)/b25-18-. The molecule has 4 nitrogen and oxygen atoms in total. The van der Waals surface area contributed by atoms with E-state index in [1.165, 1.54) is 19.3 Å². The molecule has 1 atom stereocenters. The van der Waals surface area contributed by atoms with E-state index in [0.29, 0.717) is 12.1 Å². The molecule has 0 aliphatic heterocycles. The number of nitrogens with one attached hydrogen (secondary N) is 1. The minimum Gasteiger partial charge on any atom is -0.476 e. The molecule has 1 unspecified atom stereocenters. The molecule has 0 spiro atoms. The molecule has 0 aromatic heterocycles. The van der Waals surface area contributed by atoms with Crippen molar-refractivity contribution in [2.24, 2.45) is 0 Å². The van der Waals surface area contributed by atoms with Gasteiger partial charge in [0, 0.05) is 6.54 Å². The Labute approximate surface area is 190 Å². The fourth-order valence-electron chi connectivity index (χ4n) is 3.72. The van der Waals surface area contributed by atoms with Crippen LogP contribution in [0.25, 0.3) is 17.2 Å². The van der Waals surface area contributed by atoms with E-state index >= 15 is 0 Å². The van der Waals surface area contributed by atoms with Gasteiger partial charge in [0.05, 0.1) is 5.92 Å². The van der Waals surface area contributed by atoms with E-state index in [-0.39, 0.29) is 11.8 Å². The van der Waals surface area contributed by atoms with E-state index in [2.05, 4.69) is 19.2 Å². The maximum Gasteiger partial charge on any atom is 0.364 e. The van der Waals surface area contributed by atoms with Crippen molar-refractivity contribution in [3.63, 3.8) is 0 Å². The second kappa shape index (κ2) is 13.5. The summed E-state index contributed by atoms with van der Waals surface area (Å²) in [6.45, 7) is 4.98. The molecule has 0 saturated heterocycles. The predicted octanol–water partition coefficient (Wildman–Crippen LogP) is 6.72. The molecule has 1 amide bonds. The molecule has 0 fully saturated rings. The van der Waals surface area contributed by atoms with Gasteiger partial charge in [-0.2, -0.15) is 4.39 Å². The summed E-state index contributed by atoms with van der Waals surface area (Å²) >= 11 is 0. The van der Waals surface area contributed by atoms with Crippen molar-refractivity contribution in [3.05, 3.63) is 65.5 Å². The lowest BCUT2D eigenvalue weighted by Gasteiger charge is -2.18.